The first-order chi connectivity index (χ1) is 13.5. The molecule has 0 spiro atoms. The Kier molecular flexibility index (Phi) is 4.63. The number of carbonyl (C=O) groups excluding carboxylic acids is 1. The zero-order valence-corrected chi connectivity index (χ0v) is 16.3. The quantitative estimate of drug-likeness (QED) is 0.605. The molecule has 1 aliphatic rings. The summed E-state index contributed by atoms with van der Waals surface area (Å²) in [4.78, 5) is 22.1. The molecule has 0 saturated carbocycles. The lowest BCUT2D eigenvalue weighted by atomic mass is 9.74. The van der Waals surface area contributed by atoms with Gasteiger partial charge in [0.1, 0.15) is 11.2 Å². The third-order valence-corrected chi connectivity index (χ3v) is 5.77. The summed E-state index contributed by atoms with van der Waals surface area (Å²) in [6, 6.07) is 12.1. The molecule has 0 amide bonds. The first kappa shape index (κ1) is 18.6. The van der Waals surface area contributed by atoms with E-state index < -0.39 is 11.4 Å². The monoisotopic (exact) mass is 396 g/mol. The number of fused-ring (bicyclic) bond motifs is 1. The largest absolute Gasteiger partial charge is 0.468 e. The molecule has 0 saturated heterocycles. The zero-order valence-electron chi connectivity index (χ0n) is 15.5. The molecule has 4 nitrogen and oxygen atoms in total. The fraction of sp³-hybridized carbons (Fsp3) is 0.227. The van der Waals surface area contributed by atoms with Gasteiger partial charge in [0.05, 0.1) is 12.1 Å². The first-order valence-electron chi connectivity index (χ1n) is 8.94. The Morgan fingerprint density at radius 1 is 1.18 bits per heavy atom. The van der Waals surface area contributed by atoms with Crippen LogP contribution in [0, 0.1) is 12.7 Å². The molecule has 1 heterocycles. The summed E-state index contributed by atoms with van der Waals surface area (Å²) in [5.74, 6) is -0.294. The van der Waals surface area contributed by atoms with E-state index in [2.05, 4.69) is 9.97 Å². The van der Waals surface area contributed by atoms with Crippen molar-refractivity contribution in [2.24, 2.45) is 0 Å². The number of halogens is 2. The fourth-order valence-electron chi connectivity index (χ4n) is 4.02. The van der Waals surface area contributed by atoms with Gasteiger partial charge in [-0.3, -0.25) is 4.79 Å². The molecule has 0 aliphatic heterocycles. The molecule has 1 atom stereocenters. The highest BCUT2D eigenvalue weighted by atomic mass is 35.5. The van der Waals surface area contributed by atoms with E-state index in [1.807, 2.05) is 18.2 Å². The minimum atomic E-state index is -1.12. The molecule has 0 radical (unpaired) electrons. The molecule has 142 valence electrons. The minimum Gasteiger partial charge on any atom is -0.468 e. The summed E-state index contributed by atoms with van der Waals surface area (Å²) in [5, 5.41) is 0.556. The third-order valence-electron chi connectivity index (χ3n) is 5.44. The molecule has 28 heavy (non-hydrogen) atoms. The van der Waals surface area contributed by atoms with Crippen LogP contribution in [0.4, 0.5) is 4.39 Å². The lowest BCUT2D eigenvalue weighted by Gasteiger charge is -2.29. The summed E-state index contributed by atoms with van der Waals surface area (Å²) in [5.41, 5.74) is 2.03. The van der Waals surface area contributed by atoms with Crippen LogP contribution in [0.25, 0.3) is 11.4 Å². The van der Waals surface area contributed by atoms with Gasteiger partial charge in [-0.15, -0.1) is 0 Å². The second-order valence-corrected chi connectivity index (χ2v) is 7.25. The summed E-state index contributed by atoms with van der Waals surface area (Å²) in [6.07, 6.45) is 2.65. The van der Waals surface area contributed by atoms with Crippen molar-refractivity contribution in [2.45, 2.75) is 25.2 Å². The molecule has 1 aromatic heterocycles. The van der Waals surface area contributed by atoms with Crippen molar-refractivity contribution in [1.82, 2.24) is 9.97 Å². The average molecular weight is 397 g/mol. The van der Waals surface area contributed by atoms with Crippen molar-refractivity contribution in [1.29, 1.82) is 0 Å². The molecule has 1 aliphatic carbocycles. The van der Waals surface area contributed by atoms with Crippen LogP contribution in [0.15, 0.2) is 48.7 Å². The number of benzene rings is 2. The van der Waals surface area contributed by atoms with Crippen LogP contribution in [0.5, 0.6) is 0 Å². The number of esters is 1. The number of carbonyl (C=O) groups is 1. The van der Waals surface area contributed by atoms with Gasteiger partial charge in [0.25, 0.3) is 0 Å². The highest BCUT2D eigenvalue weighted by Crippen LogP contribution is 2.46. The van der Waals surface area contributed by atoms with E-state index in [9.17, 15) is 9.18 Å². The summed E-state index contributed by atoms with van der Waals surface area (Å²) in [6.45, 7) is 1.67. The predicted octanol–water partition coefficient (Wildman–Crippen LogP) is 4.65. The Morgan fingerprint density at radius 3 is 2.71 bits per heavy atom. The van der Waals surface area contributed by atoms with Gasteiger partial charge in [0.15, 0.2) is 5.82 Å². The molecule has 0 unspecified atom stereocenters. The van der Waals surface area contributed by atoms with Crippen molar-refractivity contribution in [3.05, 3.63) is 81.9 Å². The number of aryl methyl sites for hydroxylation is 1. The SMILES string of the molecule is COC(=O)[C@@]1(c2cccc(F)c2C)CCc2nc(-c3ccccc3Cl)ncc21. The molecule has 0 fully saturated rings. The maximum atomic E-state index is 14.3. The normalized spacial score (nSPS) is 18.0. The maximum Gasteiger partial charge on any atom is 0.320 e. The van der Waals surface area contributed by atoms with E-state index >= 15 is 0 Å². The Labute approximate surface area is 167 Å². The molecule has 3 aromatic rings. The Morgan fingerprint density at radius 2 is 1.96 bits per heavy atom. The molecular formula is C22H18ClFN2O2. The number of methoxy groups -OCH3 is 1. The van der Waals surface area contributed by atoms with E-state index in [1.165, 1.54) is 13.2 Å². The average Bonchev–Trinajstić information content (AvgIpc) is 3.09. The Balaban J connectivity index is 1.91. The molecular weight excluding hydrogens is 379 g/mol. The van der Waals surface area contributed by atoms with Crippen LogP contribution in [0.1, 0.15) is 28.8 Å². The van der Waals surface area contributed by atoms with Gasteiger partial charge in [0.2, 0.25) is 0 Å². The number of hydrogen-bond donors (Lipinski definition) is 0. The molecule has 0 N–H and O–H groups in total. The zero-order chi connectivity index (χ0) is 19.9. The van der Waals surface area contributed by atoms with Gasteiger partial charge < -0.3 is 4.74 Å². The second-order valence-electron chi connectivity index (χ2n) is 6.84. The van der Waals surface area contributed by atoms with Crippen LogP contribution < -0.4 is 0 Å². The predicted molar refractivity (Wildman–Crippen MR) is 105 cm³/mol. The third kappa shape index (κ3) is 2.69. The second kappa shape index (κ2) is 6.99. The van der Waals surface area contributed by atoms with E-state index in [4.69, 9.17) is 16.3 Å². The Bertz CT molecular complexity index is 1090. The van der Waals surface area contributed by atoms with Crippen LogP contribution in [-0.4, -0.2) is 23.0 Å². The summed E-state index contributed by atoms with van der Waals surface area (Å²) >= 11 is 6.28. The van der Waals surface area contributed by atoms with Crippen molar-refractivity contribution >= 4 is 17.6 Å². The van der Waals surface area contributed by atoms with Gasteiger partial charge in [-0.1, -0.05) is 35.9 Å². The minimum absolute atomic E-state index is 0.358. The highest BCUT2D eigenvalue weighted by Gasteiger charge is 2.50. The number of rotatable bonds is 3. The van der Waals surface area contributed by atoms with Crippen molar-refractivity contribution in [3.8, 4) is 11.4 Å². The molecule has 6 heteroatoms. The molecule has 4 rings (SSSR count). The van der Waals surface area contributed by atoms with Gasteiger partial charge >= 0.3 is 5.97 Å². The standard InChI is InChI=1S/C22H18ClFN2O2/c1-13-15(7-5-9-18(13)24)22(21(27)28-2)11-10-19-16(22)12-25-20(26-19)14-6-3-4-8-17(14)23/h3-9,12H,10-11H2,1-2H3/t22-/m1/s1. The lowest BCUT2D eigenvalue weighted by Crippen LogP contribution is -2.37. The molecule has 2 aromatic carbocycles. The van der Waals surface area contributed by atoms with Gasteiger partial charge in [-0.25, -0.2) is 14.4 Å². The van der Waals surface area contributed by atoms with E-state index in [0.717, 1.165) is 11.3 Å². The number of ether oxygens (including phenoxy) is 1. The Hall–Kier alpha value is -2.79. The topological polar surface area (TPSA) is 52.1 Å². The smallest absolute Gasteiger partial charge is 0.320 e. The van der Waals surface area contributed by atoms with Gasteiger partial charge in [0, 0.05) is 23.0 Å². The number of hydrogen-bond acceptors (Lipinski definition) is 4. The van der Waals surface area contributed by atoms with Crippen LogP contribution in [0.2, 0.25) is 5.02 Å². The highest BCUT2D eigenvalue weighted by molar-refractivity contribution is 6.33. The van der Waals surface area contributed by atoms with Gasteiger partial charge in [-0.2, -0.15) is 0 Å². The lowest BCUT2D eigenvalue weighted by molar-refractivity contribution is -0.145. The maximum absolute atomic E-state index is 14.3. The summed E-state index contributed by atoms with van der Waals surface area (Å²) in [7, 11) is 1.34. The van der Waals surface area contributed by atoms with E-state index in [0.29, 0.717) is 40.4 Å². The van der Waals surface area contributed by atoms with Crippen LogP contribution in [-0.2, 0) is 21.4 Å². The first-order valence-corrected chi connectivity index (χ1v) is 9.32. The number of aromatic nitrogens is 2. The van der Waals surface area contributed by atoms with Crippen LogP contribution >= 0.6 is 11.6 Å². The van der Waals surface area contributed by atoms with Crippen molar-refractivity contribution in [2.75, 3.05) is 7.11 Å². The van der Waals surface area contributed by atoms with Crippen molar-refractivity contribution in [3.63, 3.8) is 0 Å². The van der Waals surface area contributed by atoms with Crippen molar-refractivity contribution < 1.29 is 13.9 Å². The van der Waals surface area contributed by atoms with Crippen LogP contribution in [0.3, 0.4) is 0 Å². The van der Waals surface area contributed by atoms with Gasteiger partial charge in [-0.05, 0) is 49.1 Å². The van der Waals surface area contributed by atoms with E-state index in [1.54, 1.807) is 31.3 Å². The molecule has 0 bridgehead atoms. The summed E-state index contributed by atoms with van der Waals surface area (Å²) < 4.78 is 19.4. The fourth-order valence-corrected chi connectivity index (χ4v) is 4.24. The number of nitrogens with zero attached hydrogens (tertiary/aromatic N) is 2. The van der Waals surface area contributed by atoms with E-state index in [-0.39, 0.29) is 5.82 Å².